The van der Waals surface area contributed by atoms with Crippen LogP contribution in [0.25, 0.3) is 0 Å². The number of amides is 1. The lowest BCUT2D eigenvalue weighted by molar-refractivity contribution is -0.143. The molecule has 5 nitrogen and oxygen atoms in total. The molecule has 0 aliphatic heterocycles. The lowest BCUT2D eigenvalue weighted by Crippen LogP contribution is -2.37. The van der Waals surface area contributed by atoms with E-state index in [0.29, 0.717) is 6.42 Å². The Morgan fingerprint density at radius 1 is 1.42 bits per heavy atom. The second-order valence-electron chi connectivity index (χ2n) is 5.46. The van der Waals surface area contributed by atoms with Crippen LogP contribution in [-0.4, -0.2) is 27.9 Å². The van der Waals surface area contributed by atoms with E-state index >= 15 is 0 Å². The molecule has 19 heavy (non-hydrogen) atoms. The minimum atomic E-state index is -0.861. The van der Waals surface area contributed by atoms with E-state index < -0.39 is 11.9 Å². The van der Waals surface area contributed by atoms with Crippen molar-refractivity contribution in [1.29, 1.82) is 0 Å². The Hall–Kier alpha value is -1.78. The first kappa shape index (κ1) is 12.3. The minimum absolute atomic E-state index is 0.0289. The molecule has 1 heterocycles. The van der Waals surface area contributed by atoms with E-state index in [9.17, 15) is 9.59 Å². The van der Waals surface area contributed by atoms with Gasteiger partial charge in [0.15, 0.2) is 0 Å². The number of carboxylic acids is 1. The Labute approximate surface area is 111 Å². The van der Waals surface area contributed by atoms with Gasteiger partial charge in [-0.25, -0.2) is 0 Å². The lowest BCUT2D eigenvalue weighted by Gasteiger charge is -2.28. The summed E-state index contributed by atoms with van der Waals surface area (Å²) in [5.41, 5.74) is 0. The molecule has 0 radical (unpaired) electrons. The first-order valence-electron chi connectivity index (χ1n) is 6.68. The molecule has 3 rings (SSSR count). The second kappa shape index (κ2) is 4.40. The monoisotopic (exact) mass is 263 g/mol. The van der Waals surface area contributed by atoms with Crippen molar-refractivity contribution in [3.63, 3.8) is 0 Å². The molecule has 0 bridgehead atoms. The topological polar surface area (TPSA) is 70.8 Å². The third-order valence-electron chi connectivity index (χ3n) is 3.99. The van der Waals surface area contributed by atoms with Gasteiger partial charge in [-0.05, 0) is 38.3 Å². The lowest BCUT2D eigenvalue weighted by atomic mass is 10.1. The summed E-state index contributed by atoms with van der Waals surface area (Å²) >= 11 is 0. The minimum Gasteiger partial charge on any atom is -0.481 e. The smallest absolute Gasteiger partial charge is 0.307 e. The molecular formula is C14H17NO4. The number of carbonyl (C=O) groups excluding carboxylic acids is 1. The van der Waals surface area contributed by atoms with Gasteiger partial charge in [0.2, 0.25) is 5.91 Å². The summed E-state index contributed by atoms with van der Waals surface area (Å²) in [6.45, 7) is 1.94. The molecule has 5 heteroatoms. The van der Waals surface area contributed by atoms with Crippen LogP contribution >= 0.6 is 0 Å². The zero-order valence-corrected chi connectivity index (χ0v) is 10.8. The first-order chi connectivity index (χ1) is 9.09. The predicted molar refractivity (Wildman–Crippen MR) is 66.2 cm³/mol. The average molecular weight is 263 g/mol. The summed E-state index contributed by atoms with van der Waals surface area (Å²) in [7, 11) is 0. The van der Waals surface area contributed by atoms with Gasteiger partial charge in [-0.2, -0.15) is 0 Å². The van der Waals surface area contributed by atoms with E-state index in [1.807, 2.05) is 17.9 Å². The summed E-state index contributed by atoms with van der Waals surface area (Å²) in [5, 5.41) is 8.94. The summed E-state index contributed by atoms with van der Waals surface area (Å²) in [5.74, 6) is -0.959. The Balaban J connectivity index is 1.75. The molecule has 1 aromatic heterocycles. The number of rotatable bonds is 5. The second-order valence-corrected chi connectivity index (χ2v) is 5.46. The van der Waals surface area contributed by atoms with Crippen LogP contribution in [0.4, 0.5) is 0 Å². The molecule has 1 amide bonds. The molecule has 0 spiro atoms. The van der Waals surface area contributed by atoms with E-state index in [4.69, 9.17) is 9.52 Å². The standard InChI is InChI=1S/C14H17NO4/c1-8(12-3-2-6-19-12)15(9-4-5-9)13(16)10-7-11(10)14(17)18/h2-3,6,8-11H,4-5,7H2,1H3,(H,17,18)/t8-,10-,11+/m1/s1. The zero-order valence-electron chi connectivity index (χ0n) is 10.8. The molecule has 0 unspecified atom stereocenters. The van der Waals surface area contributed by atoms with Gasteiger partial charge in [-0.3, -0.25) is 9.59 Å². The summed E-state index contributed by atoms with van der Waals surface area (Å²) in [6.07, 6.45) is 4.07. The molecule has 2 aliphatic carbocycles. The molecule has 1 N–H and O–H groups in total. The Bertz CT molecular complexity index is 492. The van der Waals surface area contributed by atoms with Crippen molar-refractivity contribution in [2.75, 3.05) is 0 Å². The molecule has 2 fully saturated rings. The van der Waals surface area contributed by atoms with Gasteiger partial charge in [0.25, 0.3) is 0 Å². The van der Waals surface area contributed by atoms with E-state index in [1.54, 1.807) is 12.3 Å². The van der Waals surface area contributed by atoms with Crippen LogP contribution in [0.3, 0.4) is 0 Å². The van der Waals surface area contributed by atoms with Gasteiger partial charge in [0.05, 0.1) is 24.1 Å². The number of carbonyl (C=O) groups is 2. The van der Waals surface area contributed by atoms with Gasteiger partial charge in [0.1, 0.15) is 5.76 Å². The SMILES string of the molecule is C[C@H](c1ccco1)N(C(=O)[C@@H]1C[C@@H]1C(=O)O)C1CC1. The van der Waals surface area contributed by atoms with E-state index in [2.05, 4.69) is 0 Å². The van der Waals surface area contributed by atoms with Crippen LogP contribution in [0.1, 0.15) is 38.0 Å². The fraction of sp³-hybridized carbons (Fsp3) is 0.571. The molecule has 0 aromatic carbocycles. The first-order valence-corrected chi connectivity index (χ1v) is 6.68. The van der Waals surface area contributed by atoms with Crippen molar-refractivity contribution in [3.05, 3.63) is 24.2 Å². The average Bonchev–Trinajstić information content (AvgIpc) is 3.28. The van der Waals surface area contributed by atoms with Crippen LogP contribution < -0.4 is 0 Å². The molecular weight excluding hydrogens is 246 g/mol. The van der Waals surface area contributed by atoms with Crippen LogP contribution in [0, 0.1) is 11.8 Å². The maximum absolute atomic E-state index is 12.5. The maximum Gasteiger partial charge on any atom is 0.307 e. The van der Waals surface area contributed by atoms with Crippen LogP contribution in [0.2, 0.25) is 0 Å². The molecule has 2 aliphatic rings. The number of nitrogens with zero attached hydrogens (tertiary/aromatic N) is 1. The van der Waals surface area contributed by atoms with Gasteiger partial charge in [0, 0.05) is 6.04 Å². The highest BCUT2D eigenvalue weighted by Gasteiger charge is 2.52. The summed E-state index contributed by atoms with van der Waals surface area (Å²) in [4.78, 5) is 25.2. The van der Waals surface area contributed by atoms with Gasteiger partial charge >= 0.3 is 5.97 Å². The van der Waals surface area contributed by atoms with E-state index in [0.717, 1.165) is 18.6 Å². The zero-order chi connectivity index (χ0) is 13.6. The fourth-order valence-corrected chi connectivity index (χ4v) is 2.64. The van der Waals surface area contributed by atoms with Crippen molar-refractivity contribution in [1.82, 2.24) is 4.90 Å². The van der Waals surface area contributed by atoms with E-state index in [-0.39, 0.29) is 23.9 Å². The Morgan fingerprint density at radius 2 is 2.16 bits per heavy atom. The summed E-state index contributed by atoms with van der Waals surface area (Å²) in [6, 6.07) is 3.79. The highest BCUT2D eigenvalue weighted by Crippen LogP contribution is 2.44. The fourth-order valence-electron chi connectivity index (χ4n) is 2.64. The number of carboxylic acid groups (broad SMARTS) is 1. The van der Waals surface area contributed by atoms with Crippen molar-refractivity contribution in [2.24, 2.45) is 11.8 Å². The van der Waals surface area contributed by atoms with Crippen molar-refractivity contribution >= 4 is 11.9 Å². The molecule has 3 atom stereocenters. The van der Waals surface area contributed by atoms with E-state index in [1.165, 1.54) is 0 Å². The number of hydrogen-bond acceptors (Lipinski definition) is 3. The highest BCUT2D eigenvalue weighted by atomic mass is 16.4. The normalized spacial score (nSPS) is 26.8. The molecule has 2 saturated carbocycles. The molecule has 102 valence electrons. The predicted octanol–water partition coefficient (Wildman–Crippen LogP) is 2.05. The number of furan rings is 1. The third-order valence-corrected chi connectivity index (χ3v) is 3.99. The molecule has 1 aromatic rings. The number of hydrogen-bond donors (Lipinski definition) is 1. The largest absolute Gasteiger partial charge is 0.481 e. The number of aliphatic carboxylic acids is 1. The highest BCUT2D eigenvalue weighted by molar-refractivity contribution is 5.90. The van der Waals surface area contributed by atoms with Gasteiger partial charge in [-0.1, -0.05) is 0 Å². The van der Waals surface area contributed by atoms with Crippen LogP contribution in [0.15, 0.2) is 22.8 Å². The quantitative estimate of drug-likeness (QED) is 0.882. The third kappa shape index (κ3) is 2.25. The van der Waals surface area contributed by atoms with Crippen molar-refractivity contribution in [2.45, 2.75) is 38.3 Å². The van der Waals surface area contributed by atoms with Crippen LogP contribution in [-0.2, 0) is 9.59 Å². The summed E-state index contributed by atoms with van der Waals surface area (Å²) < 4.78 is 5.37. The molecule has 0 saturated heterocycles. The maximum atomic E-state index is 12.5. The van der Waals surface area contributed by atoms with Gasteiger partial charge in [-0.15, -0.1) is 0 Å². The van der Waals surface area contributed by atoms with Crippen molar-refractivity contribution in [3.8, 4) is 0 Å². The van der Waals surface area contributed by atoms with Crippen molar-refractivity contribution < 1.29 is 19.1 Å². The Kier molecular flexibility index (Phi) is 2.84. The van der Waals surface area contributed by atoms with Crippen LogP contribution in [0.5, 0.6) is 0 Å². The van der Waals surface area contributed by atoms with Gasteiger partial charge < -0.3 is 14.4 Å². The Morgan fingerprint density at radius 3 is 2.63 bits per heavy atom.